The largest absolute Gasteiger partial charge is 0.497 e. The van der Waals surface area contributed by atoms with Gasteiger partial charge in [-0.3, -0.25) is 4.79 Å². The minimum Gasteiger partial charge on any atom is -0.497 e. The van der Waals surface area contributed by atoms with Gasteiger partial charge in [-0.05, 0) is 59.2 Å². The number of Topliss-reactive ketones (excluding diaryl/α,β-unsaturated/α-hetero) is 1. The highest BCUT2D eigenvalue weighted by atomic mass is 16.5. The number of rotatable bonds is 4. The van der Waals surface area contributed by atoms with Crippen LogP contribution in [-0.4, -0.2) is 12.9 Å². The minimum atomic E-state index is -0.179. The van der Waals surface area contributed by atoms with Crippen LogP contribution in [0.3, 0.4) is 0 Å². The summed E-state index contributed by atoms with van der Waals surface area (Å²) in [4.78, 5) is 13.6. The van der Waals surface area contributed by atoms with Gasteiger partial charge in [-0.25, -0.2) is 0 Å². The molecule has 0 radical (unpaired) electrons. The maximum atomic E-state index is 13.6. The van der Waals surface area contributed by atoms with Gasteiger partial charge >= 0.3 is 0 Å². The highest BCUT2D eigenvalue weighted by molar-refractivity contribution is 6.01. The van der Waals surface area contributed by atoms with Gasteiger partial charge in [-0.1, -0.05) is 62.4 Å². The second kappa shape index (κ2) is 8.78. The molecule has 4 nitrogen and oxygen atoms in total. The fourth-order valence-corrected chi connectivity index (χ4v) is 4.93. The van der Waals surface area contributed by atoms with Crippen molar-refractivity contribution in [1.29, 1.82) is 0 Å². The van der Waals surface area contributed by atoms with Crippen LogP contribution < -0.4 is 15.4 Å². The molecule has 0 unspecified atom stereocenters. The normalized spacial score (nSPS) is 19.8. The number of ether oxygens (including phenoxy) is 1. The Balaban J connectivity index is 1.55. The zero-order valence-electron chi connectivity index (χ0n) is 19.4. The second-order valence-corrected chi connectivity index (χ2v) is 9.26. The van der Waals surface area contributed by atoms with Crippen molar-refractivity contribution in [2.45, 2.75) is 44.6 Å². The summed E-state index contributed by atoms with van der Waals surface area (Å²) in [7, 11) is 1.67. The number of carbonyl (C=O) groups excluding carboxylic acids is 1. The van der Waals surface area contributed by atoms with Gasteiger partial charge in [0.15, 0.2) is 5.78 Å². The van der Waals surface area contributed by atoms with E-state index in [0.29, 0.717) is 12.3 Å². The van der Waals surface area contributed by atoms with Gasteiger partial charge in [0, 0.05) is 17.7 Å². The fourth-order valence-electron chi connectivity index (χ4n) is 4.93. The average molecular weight is 439 g/mol. The van der Waals surface area contributed by atoms with Crippen molar-refractivity contribution in [2.24, 2.45) is 0 Å². The van der Waals surface area contributed by atoms with E-state index >= 15 is 0 Å². The third kappa shape index (κ3) is 4.13. The summed E-state index contributed by atoms with van der Waals surface area (Å²) < 4.78 is 5.31. The molecule has 0 saturated carbocycles. The number of ketones is 1. The molecule has 1 aliphatic carbocycles. The summed E-state index contributed by atoms with van der Waals surface area (Å²) in [6.07, 6.45) is 1.30. The number of para-hydroxylation sites is 2. The molecule has 33 heavy (non-hydrogen) atoms. The molecule has 0 spiro atoms. The number of allylic oxidation sites excluding steroid dienone is 1. The van der Waals surface area contributed by atoms with E-state index in [0.717, 1.165) is 40.4 Å². The summed E-state index contributed by atoms with van der Waals surface area (Å²) in [6, 6.07) is 24.8. The number of fused-ring (bicyclic) bond motifs is 1. The Hall–Kier alpha value is -3.53. The van der Waals surface area contributed by atoms with E-state index in [2.05, 4.69) is 73.0 Å². The lowest BCUT2D eigenvalue weighted by atomic mass is 9.78. The van der Waals surface area contributed by atoms with Crippen LogP contribution >= 0.6 is 0 Å². The van der Waals surface area contributed by atoms with Crippen molar-refractivity contribution in [1.82, 2.24) is 0 Å². The van der Waals surface area contributed by atoms with Crippen molar-refractivity contribution in [3.8, 4) is 5.75 Å². The minimum absolute atomic E-state index is 0.142. The number of methoxy groups -OCH3 is 1. The number of hydrogen-bond donors (Lipinski definition) is 2. The number of nitrogens with one attached hydrogen (secondary N) is 2. The Bertz CT molecular complexity index is 1190. The molecule has 2 N–H and O–H groups in total. The van der Waals surface area contributed by atoms with Crippen LogP contribution in [-0.2, 0) is 4.79 Å². The molecule has 0 bridgehead atoms. The molecule has 4 heteroatoms. The number of benzene rings is 3. The Labute approximate surface area is 195 Å². The Morgan fingerprint density at radius 1 is 0.848 bits per heavy atom. The molecule has 3 aromatic rings. The van der Waals surface area contributed by atoms with Crippen molar-refractivity contribution >= 4 is 17.2 Å². The maximum Gasteiger partial charge on any atom is 0.163 e. The van der Waals surface area contributed by atoms with E-state index in [-0.39, 0.29) is 17.7 Å². The Kier molecular flexibility index (Phi) is 5.67. The molecule has 0 aromatic heterocycles. The predicted octanol–water partition coefficient (Wildman–Crippen LogP) is 6.80. The summed E-state index contributed by atoms with van der Waals surface area (Å²) in [5.41, 5.74) is 7.47. The molecule has 1 aliphatic heterocycles. The zero-order valence-corrected chi connectivity index (χ0v) is 19.4. The van der Waals surface area contributed by atoms with Crippen LogP contribution in [0.4, 0.5) is 11.4 Å². The average Bonchev–Trinajstić information content (AvgIpc) is 3.01. The third-order valence-corrected chi connectivity index (χ3v) is 6.83. The topological polar surface area (TPSA) is 50.4 Å². The Morgan fingerprint density at radius 2 is 1.52 bits per heavy atom. The van der Waals surface area contributed by atoms with Gasteiger partial charge < -0.3 is 15.4 Å². The monoisotopic (exact) mass is 438 g/mol. The molecular formula is C29H30N2O2. The molecule has 0 amide bonds. The molecule has 2 aliphatic rings. The molecule has 2 atom stereocenters. The standard InChI is InChI=1S/C29H30N2O2/c1-18(2)19-8-10-21(11-9-19)29-28-26(30-24-6-4-5-7-25(24)31-29)16-22(17-27(28)32)20-12-14-23(33-3)15-13-20/h4-15,18,22,29-31H,16-17H2,1-3H3/t22-,29+/m0/s1. The van der Waals surface area contributed by atoms with Gasteiger partial charge in [-0.15, -0.1) is 0 Å². The van der Waals surface area contributed by atoms with Gasteiger partial charge in [0.05, 0.1) is 24.5 Å². The lowest BCUT2D eigenvalue weighted by molar-refractivity contribution is -0.116. The third-order valence-electron chi connectivity index (χ3n) is 6.83. The lowest BCUT2D eigenvalue weighted by Gasteiger charge is -2.30. The van der Waals surface area contributed by atoms with Gasteiger partial charge in [0.1, 0.15) is 5.75 Å². The van der Waals surface area contributed by atoms with E-state index in [4.69, 9.17) is 4.74 Å². The summed E-state index contributed by atoms with van der Waals surface area (Å²) in [5.74, 6) is 1.64. The van der Waals surface area contributed by atoms with Crippen LogP contribution in [0.5, 0.6) is 5.75 Å². The van der Waals surface area contributed by atoms with Gasteiger partial charge in [-0.2, -0.15) is 0 Å². The molecule has 168 valence electrons. The second-order valence-electron chi connectivity index (χ2n) is 9.26. The SMILES string of the molecule is COc1ccc([C@@H]2CC(=O)C3=C(C2)Nc2ccccc2N[C@@H]3c2ccc(C(C)C)cc2)cc1. The molecular weight excluding hydrogens is 408 g/mol. The first-order chi connectivity index (χ1) is 16.0. The first-order valence-corrected chi connectivity index (χ1v) is 11.7. The first-order valence-electron chi connectivity index (χ1n) is 11.7. The van der Waals surface area contributed by atoms with Crippen molar-refractivity contribution in [3.63, 3.8) is 0 Å². The smallest absolute Gasteiger partial charge is 0.163 e. The number of hydrogen-bond acceptors (Lipinski definition) is 4. The lowest BCUT2D eigenvalue weighted by Crippen LogP contribution is -2.26. The summed E-state index contributed by atoms with van der Waals surface area (Å²) >= 11 is 0. The highest BCUT2D eigenvalue weighted by Gasteiger charge is 2.36. The van der Waals surface area contributed by atoms with E-state index < -0.39 is 0 Å². The van der Waals surface area contributed by atoms with E-state index in [1.807, 2.05) is 24.3 Å². The summed E-state index contributed by atoms with van der Waals surface area (Å²) in [6.45, 7) is 4.40. The number of carbonyl (C=O) groups is 1. The maximum absolute atomic E-state index is 13.6. The van der Waals surface area contributed by atoms with Crippen LogP contribution in [0.25, 0.3) is 0 Å². The molecule has 3 aromatic carbocycles. The zero-order chi connectivity index (χ0) is 22.9. The van der Waals surface area contributed by atoms with Crippen LogP contribution in [0.1, 0.15) is 61.3 Å². The first kappa shape index (κ1) is 21.3. The van der Waals surface area contributed by atoms with Crippen LogP contribution in [0.15, 0.2) is 84.1 Å². The Morgan fingerprint density at radius 3 is 2.18 bits per heavy atom. The van der Waals surface area contributed by atoms with E-state index in [1.54, 1.807) is 7.11 Å². The van der Waals surface area contributed by atoms with E-state index in [9.17, 15) is 4.79 Å². The number of anilines is 2. The van der Waals surface area contributed by atoms with Gasteiger partial charge in [0.2, 0.25) is 0 Å². The van der Waals surface area contributed by atoms with Crippen LogP contribution in [0.2, 0.25) is 0 Å². The quantitative estimate of drug-likeness (QED) is 0.470. The van der Waals surface area contributed by atoms with E-state index in [1.165, 1.54) is 11.1 Å². The van der Waals surface area contributed by atoms with Gasteiger partial charge in [0.25, 0.3) is 0 Å². The van der Waals surface area contributed by atoms with Crippen molar-refractivity contribution < 1.29 is 9.53 Å². The van der Waals surface area contributed by atoms with Crippen LogP contribution in [0, 0.1) is 0 Å². The molecule has 1 heterocycles. The highest BCUT2D eigenvalue weighted by Crippen LogP contribution is 2.44. The molecule has 0 fully saturated rings. The predicted molar refractivity (Wildman–Crippen MR) is 134 cm³/mol. The molecule has 0 saturated heterocycles. The fraction of sp³-hybridized carbons (Fsp3) is 0.276. The summed E-state index contributed by atoms with van der Waals surface area (Å²) in [5, 5.41) is 7.28. The molecule has 5 rings (SSSR count). The van der Waals surface area contributed by atoms with Crippen molar-refractivity contribution in [3.05, 3.63) is 101 Å². The van der Waals surface area contributed by atoms with Crippen molar-refractivity contribution in [2.75, 3.05) is 17.7 Å².